The summed E-state index contributed by atoms with van der Waals surface area (Å²) in [6, 6.07) is 14.0. The van der Waals surface area contributed by atoms with Crippen LogP contribution in [0.1, 0.15) is 57.6 Å². The summed E-state index contributed by atoms with van der Waals surface area (Å²) in [6.07, 6.45) is 1.40. The van der Waals surface area contributed by atoms with Gasteiger partial charge in [-0.1, -0.05) is 41.5 Å². The van der Waals surface area contributed by atoms with Gasteiger partial charge in [0.2, 0.25) is 0 Å². The van der Waals surface area contributed by atoms with Gasteiger partial charge in [0.15, 0.2) is 0 Å². The molecule has 0 radical (unpaired) electrons. The van der Waals surface area contributed by atoms with Gasteiger partial charge in [-0.2, -0.15) is 0 Å². The number of nitrogens with zero attached hydrogens (tertiary/aromatic N) is 3. The molecule has 2 bridgehead atoms. The average Bonchev–Trinajstić information content (AvgIpc) is 3.05. The highest BCUT2D eigenvalue weighted by Gasteiger charge is 2.18. The summed E-state index contributed by atoms with van der Waals surface area (Å²) in [5.74, 6) is 0.409. The van der Waals surface area contributed by atoms with Crippen molar-refractivity contribution >= 4 is 0 Å². The molecule has 46 heavy (non-hydrogen) atoms. The maximum Gasteiger partial charge on any atom is 0.128 e. The molecule has 0 aliphatic carbocycles. The van der Waals surface area contributed by atoms with Crippen molar-refractivity contribution in [3.8, 4) is 11.5 Å². The number of phenolic OH excluding ortho intramolecular Hbond substituents is 2. The molecule has 0 saturated heterocycles. The zero-order valence-corrected chi connectivity index (χ0v) is 27.1. The van der Waals surface area contributed by atoms with Crippen molar-refractivity contribution in [2.24, 2.45) is 0 Å². The van der Waals surface area contributed by atoms with E-state index in [4.69, 9.17) is 15.2 Å². The van der Waals surface area contributed by atoms with E-state index in [0.29, 0.717) is 24.2 Å². The lowest BCUT2D eigenvalue weighted by molar-refractivity contribution is 0.0663. The van der Waals surface area contributed by atoms with Crippen LogP contribution in [0.15, 0.2) is 42.5 Å². The van der Waals surface area contributed by atoms with Crippen molar-refractivity contribution in [3.05, 3.63) is 87.2 Å². The highest BCUT2D eigenvalue weighted by molar-refractivity contribution is 5.44. The number of nitrogens with one attached hydrogen (secondary N) is 2. The molecule has 3 aromatic rings. The third-order valence-electron chi connectivity index (χ3n) is 8.45. The first-order valence-electron chi connectivity index (χ1n) is 16.2. The van der Waals surface area contributed by atoms with Crippen LogP contribution in [0.5, 0.6) is 11.5 Å². The molecule has 0 fully saturated rings. The van der Waals surface area contributed by atoms with Crippen LogP contribution in [0.25, 0.3) is 0 Å². The lowest BCUT2D eigenvalue weighted by Crippen LogP contribution is -2.31. The Morgan fingerprint density at radius 1 is 0.674 bits per heavy atom. The Morgan fingerprint density at radius 3 is 1.50 bits per heavy atom. The first kappa shape index (κ1) is 35.7. The summed E-state index contributed by atoms with van der Waals surface area (Å²) in [6.45, 7) is 8.09. The molecule has 252 valence electrons. The average molecular weight is 638 g/mol. The first-order chi connectivity index (χ1) is 22.1. The summed E-state index contributed by atoms with van der Waals surface area (Å²) in [5.41, 5.74) is 7.11. The number of hydrogen-bond acceptors (Lipinski definition) is 11. The SMILES string of the molecule is Cc1cc(CNC(O)CO)c(O)c(CN2CCCCN(Cc3cc(C)cc(CNC(O)CO)c3O)CCc3cccc(n3)CC2)c1. The molecular formula is C35H51N5O6. The zero-order chi connectivity index (χ0) is 33.1. The van der Waals surface area contributed by atoms with Crippen molar-refractivity contribution in [3.63, 3.8) is 0 Å². The lowest BCUT2D eigenvalue weighted by Gasteiger charge is -2.25. The van der Waals surface area contributed by atoms with E-state index in [0.717, 1.165) is 85.5 Å². The van der Waals surface area contributed by atoms with Gasteiger partial charge in [0.1, 0.15) is 24.0 Å². The molecule has 11 nitrogen and oxygen atoms in total. The van der Waals surface area contributed by atoms with Crippen LogP contribution in [0.4, 0.5) is 0 Å². The summed E-state index contributed by atoms with van der Waals surface area (Å²) < 4.78 is 0. The van der Waals surface area contributed by atoms with Gasteiger partial charge in [-0.15, -0.1) is 0 Å². The lowest BCUT2D eigenvalue weighted by atomic mass is 10.0. The molecule has 11 heteroatoms. The number of aromatic nitrogens is 1. The molecule has 1 aliphatic rings. The van der Waals surface area contributed by atoms with E-state index in [-0.39, 0.29) is 24.6 Å². The molecular weight excluding hydrogens is 586 g/mol. The fourth-order valence-corrected chi connectivity index (χ4v) is 6.01. The van der Waals surface area contributed by atoms with Gasteiger partial charge in [0.25, 0.3) is 0 Å². The summed E-state index contributed by atoms with van der Waals surface area (Å²) >= 11 is 0. The van der Waals surface area contributed by atoms with E-state index < -0.39 is 25.7 Å². The van der Waals surface area contributed by atoms with E-state index in [1.54, 1.807) is 0 Å². The second-order valence-corrected chi connectivity index (χ2v) is 12.4. The third-order valence-corrected chi connectivity index (χ3v) is 8.45. The number of rotatable bonds is 12. The van der Waals surface area contributed by atoms with E-state index in [1.165, 1.54) is 0 Å². The van der Waals surface area contributed by atoms with Crippen molar-refractivity contribution in [2.75, 3.05) is 39.4 Å². The minimum atomic E-state index is -1.05. The van der Waals surface area contributed by atoms with Gasteiger partial charge in [0.05, 0.1) is 13.2 Å². The summed E-state index contributed by atoms with van der Waals surface area (Å²) in [4.78, 5) is 9.67. The number of pyridine rings is 1. The molecule has 2 atom stereocenters. The van der Waals surface area contributed by atoms with E-state index in [9.17, 15) is 20.4 Å². The quantitative estimate of drug-likeness (QED) is 0.137. The van der Waals surface area contributed by atoms with Crippen LogP contribution in [-0.2, 0) is 39.0 Å². The van der Waals surface area contributed by atoms with Crippen LogP contribution in [0.2, 0.25) is 0 Å². The fourth-order valence-electron chi connectivity index (χ4n) is 6.01. The number of hydrogen-bond donors (Lipinski definition) is 8. The fraction of sp³-hybridized carbons (Fsp3) is 0.514. The third kappa shape index (κ3) is 10.7. The summed E-state index contributed by atoms with van der Waals surface area (Å²) in [5, 5.41) is 65.7. The molecule has 4 rings (SSSR count). The Balaban J connectivity index is 1.49. The maximum atomic E-state index is 11.1. The van der Waals surface area contributed by atoms with Crippen LogP contribution in [0.3, 0.4) is 0 Å². The van der Waals surface area contributed by atoms with Crippen molar-refractivity contribution in [2.45, 2.75) is 78.2 Å². The van der Waals surface area contributed by atoms with Gasteiger partial charge in [-0.25, -0.2) is 0 Å². The molecule has 8 N–H and O–H groups in total. The van der Waals surface area contributed by atoms with Gasteiger partial charge >= 0.3 is 0 Å². The number of aryl methyl sites for hydroxylation is 2. The minimum Gasteiger partial charge on any atom is -0.507 e. The van der Waals surface area contributed by atoms with Crippen LogP contribution >= 0.6 is 0 Å². The Hall–Kier alpha value is -3.13. The molecule has 0 saturated carbocycles. The molecule has 2 unspecified atom stereocenters. The van der Waals surface area contributed by atoms with E-state index in [1.807, 2.05) is 38.1 Å². The zero-order valence-electron chi connectivity index (χ0n) is 27.1. The Bertz CT molecular complexity index is 1310. The van der Waals surface area contributed by atoms with Crippen LogP contribution in [0, 0.1) is 13.8 Å². The van der Waals surface area contributed by atoms with Crippen LogP contribution in [-0.4, -0.2) is 97.3 Å². The predicted octanol–water partition coefficient (Wildman–Crippen LogP) is 1.79. The van der Waals surface area contributed by atoms with Crippen molar-refractivity contribution in [1.29, 1.82) is 0 Å². The second-order valence-electron chi connectivity index (χ2n) is 12.4. The normalized spacial score (nSPS) is 16.7. The highest BCUT2D eigenvalue weighted by Crippen LogP contribution is 2.28. The standard InChI is InChI=1S/C35H51N5O6/c1-24-14-26(18-36-32(43)22-41)34(45)28(16-24)20-39-10-3-4-11-40(13-9-31-7-5-6-30(38-31)8-12-39)21-29-17-25(2)15-27(35(29)46)19-37-33(44)23-42/h5-7,14-17,32-33,36-37,41-46H,3-4,8-13,18-23H2,1-2H3. The smallest absolute Gasteiger partial charge is 0.128 e. The molecule has 1 aromatic heterocycles. The second kappa shape index (κ2) is 17.7. The number of fused-ring (bicyclic) bond motifs is 2. The molecule has 2 heterocycles. The molecule has 0 amide bonds. The van der Waals surface area contributed by atoms with Crippen LogP contribution < -0.4 is 10.6 Å². The Kier molecular flexibility index (Phi) is 13.7. The molecule has 2 aromatic carbocycles. The van der Waals surface area contributed by atoms with Gasteiger partial charge in [0, 0.05) is 85.8 Å². The van der Waals surface area contributed by atoms with Gasteiger partial charge < -0.3 is 30.6 Å². The topological polar surface area (TPSA) is 165 Å². The maximum absolute atomic E-state index is 11.1. The highest BCUT2D eigenvalue weighted by atomic mass is 16.3. The van der Waals surface area contributed by atoms with Crippen molar-refractivity contribution < 1.29 is 30.6 Å². The minimum absolute atomic E-state index is 0.204. The van der Waals surface area contributed by atoms with E-state index in [2.05, 4.69) is 38.6 Å². The first-order valence-corrected chi connectivity index (χ1v) is 16.2. The van der Waals surface area contributed by atoms with Gasteiger partial charge in [-0.05, 0) is 51.9 Å². The number of phenols is 2. The largest absolute Gasteiger partial charge is 0.507 e. The number of benzene rings is 2. The predicted molar refractivity (Wildman–Crippen MR) is 177 cm³/mol. The molecule has 0 spiro atoms. The Morgan fingerprint density at radius 2 is 1.09 bits per heavy atom. The van der Waals surface area contributed by atoms with E-state index >= 15 is 0 Å². The van der Waals surface area contributed by atoms with Crippen molar-refractivity contribution in [1.82, 2.24) is 25.4 Å². The Labute approximate surface area is 272 Å². The monoisotopic (exact) mass is 637 g/mol. The molecule has 1 aliphatic heterocycles. The number of aliphatic hydroxyl groups is 4. The van der Waals surface area contributed by atoms with Gasteiger partial charge in [-0.3, -0.25) is 25.4 Å². The number of aromatic hydroxyl groups is 2. The number of aliphatic hydroxyl groups excluding tert-OH is 4. The summed E-state index contributed by atoms with van der Waals surface area (Å²) in [7, 11) is 0.